The molecule has 9 heteroatoms. The Labute approximate surface area is 98.5 Å². The van der Waals surface area contributed by atoms with Gasteiger partial charge in [0.1, 0.15) is 11.3 Å². The average Bonchev–Trinajstić information content (AvgIpc) is 2.25. The van der Waals surface area contributed by atoms with Crippen LogP contribution in [0.2, 0.25) is 0 Å². The van der Waals surface area contributed by atoms with Crippen LogP contribution in [0.3, 0.4) is 0 Å². The van der Waals surface area contributed by atoms with Crippen LogP contribution in [0, 0.1) is 0 Å². The first-order chi connectivity index (χ1) is 8.30. The lowest BCUT2D eigenvalue weighted by molar-refractivity contribution is -0.276. The highest BCUT2D eigenvalue weighted by atomic mass is 19.4. The number of alkyl halides is 5. The molecule has 0 atom stereocenters. The van der Waals surface area contributed by atoms with E-state index in [1.54, 1.807) is 0 Å². The first-order valence-electron chi connectivity index (χ1n) is 4.59. The molecule has 0 aromatic carbocycles. The van der Waals surface area contributed by atoms with E-state index in [0.717, 1.165) is 13.3 Å². The van der Waals surface area contributed by atoms with Gasteiger partial charge in [0.05, 0.1) is 7.11 Å². The molecule has 0 saturated carbocycles. The van der Waals surface area contributed by atoms with Gasteiger partial charge in [-0.2, -0.15) is 0 Å². The number of hydrogen-bond acceptors (Lipinski definition) is 4. The summed E-state index contributed by atoms with van der Waals surface area (Å²) in [4.78, 5) is 3.18. The molecule has 0 fully saturated rings. The standard InChI is InChI=1S/C9H9F5N2O2/c1-17-6-4(2-15)3-16-8(5(6)7(10)11)18-9(12,13)14/h3,7H,2,15H2,1H3. The van der Waals surface area contributed by atoms with E-state index in [4.69, 9.17) is 5.73 Å². The molecule has 18 heavy (non-hydrogen) atoms. The van der Waals surface area contributed by atoms with Crippen molar-refractivity contribution in [2.75, 3.05) is 7.11 Å². The molecule has 102 valence electrons. The number of hydrogen-bond donors (Lipinski definition) is 1. The van der Waals surface area contributed by atoms with Crippen LogP contribution in [0.4, 0.5) is 22.0 Å². The van der Waals surface area contributed by atoms with E-state index in [1.807, 2.05) is 0 Å². The second-order valence-corrected chi connectivity index (χ2v) is 3.09. The van der Waals surface area contributed by atoms with Gasteiger partial charge in [-0.3, -0.25) is 0 Å². The first kappa shape index (κ1) is 14.4. The maximum absolute atomic E-state index is 12.8. The van der Waals surface area contributed by atoms with Crippen molar-refractivity contribution in [2.45, 2.75) is 19.3 Å². The molecule has 1 aromatic rings. The maximum Gasteiger partial charge on any atom is 0.574 e. The summed E-state index contributed by atoms with van der Waals surface area (Å²) < 4.78 is 69.7. The van der Waals surface area contributed by atoms with Crippen LogP contribution < -0.4 is 15.2 Å². The third-order valence-corrected chi connectivity index (χ3v) is 1.96. The van der Waals surface area contributed by atoms with Crippen LogP contribution in [-0.2, 0) is 6.54 Å². The summed E-state index contributed by atoms with van der Waals surface area (Å²) in [6, 6.07) is 0. The monoisotopic (exact) mass is 272 g/mol. The van der Waals surface area contributed by atoms with Gasteiger partial charge in [-0.05, 0) is 0 Å². The van der Waals surface area contributed by atoms with Gasteiger partial charge in [0.15, 0.2) is 0 Å². The Bertz CT molecular complexity index is 422. The van der Waals surface area contributed by atoms with Crippen molar-refractivity contribution in [3.8, 4) is 11.6 Å². The van der Waals surface area contributed by atoms with Crippen LogP contribution in [0.25, 0.3) is 0 Å². The Morgan fingerprint density at radius 2 is 2.00 bits per heavy atom. The Hall–Kier alpha value is -1.64. The number of nitrogens with zero attached hydrogens (tertiary/aromatic N) is 1. The van der Waals surface area contributed by atoms with E-state index in [0.29, 0.717) is 0 Å². The molecule has 1 heterocycles. The molecule has 1 rings (SSSR count). The minimum absolute atomic E-state index is 0.0577. The average molecular weight is 272 g/mol. The topological polar surface area (TPSA) is 57.4 Å². The molecular formula is C9H9F5N2O2. The quantitative estimate of drug-likeness (QED) is 0.855. The molecule has 1 aromatic heterocycles. The molecule has 0 radical (unpaired) electrons. The molecule has 0 amide bonds. The Morgan fingerprint density at radius 1 is 1.39 bits per heavy atom. The zero-order chi connectivity index (χ0) is 13.9. The lowest BCUT2D eigenvalue weighted by Gasteiger charge is -2.16. The van der Waals surface area contributed by atoms with Gasteiger partial charge in [0, 0.05) is 18.3 Å². The fourth-order valence-corrected chi connectivity index (χ4v) is 1.30. The summed E-state index contributed by atoms with van der Waals surface area (Å²) in [5.74, 6) is -1.70. The van der Waals surface area contributed by atoms with Crippen molar-refractivity contribution < 1.29 is 31.4 Å². The summed E-state index contributed by atoms with van der Waals surface area (Å²) >= 11 is 0. The Kier molecular flexibility index (Phi) is 4.28. The van der Waals surface area contributed by atoms with Crippen molar-refractivity contribution in [2.24, 2.45) is 5.73 Å². The molecule has 0 saturated heterocycles. The van der Waals surface area contributed by atoms with Gasteiger partial charge in [-0.1, -0.05) is 0 Å². The number of halogens is 5. The van der Waals surface area contributed by atoms with Crippen LogP contribution in [-0.4, -0.2) is 18.5 Å². The zero-order valence-electron chi connectivity index (χ0n) is 9.09. The summed E-state index contributed by atoms with van der Waals surface area (Å²) in [5.41, 5.74) is 4.23. The van der Waals surface area contributed by atoms with E-state index in [-0.39, 0.29) is 12.1 Å². The molecule has 0 bridgehead atoms. The minimum atomic E-state index is -5.12. The number of rotatable bonds is 4. The number of pyridine rings is 1. The van der Waals surface area contributed by atoms with E-state index in [9.17, 15) is 22.0 Å². The second kappa shape index (κ2) is 5.34. The van der Waals surface area contributed by atoms with Crippen molar-refractivity contribution in [3.63, 3.8) is 0 Å². The van der Waals surface area contributed by atoms with Crippen LogP contribution >= 0.6 is 0 Å². The van der Waals surface area contributed by atoms with Crippen molar-refractivity contribution >= 4 is 0 Å². The largest absolute Gasteiger partial charge is 0.574 e. The smallest absolute Gasteiger partial charge is 0.496 e. The molecule has 0 aliphatic carbocycles. The van der Waals surface area contributed by atoms with E-state index in [1.165, 1.54) is 0 Å². The number of ether oxygens (including phenoxy) is 2. The number of methoxy groups -OCH3 is 1. The van der Waals surface area contributed by atoms with Gasteiger partial charge >= 0.3 is 6.36 Å². The zero-order valence-corrected chi connectivity index (χ0v) is 9.09. The fraction of sp³-hybridized carbons (Fsp3) is 0.444. The third kappa shape index (κ3) is 3.19. The summed E-state index contributed by atoms with van der Waals surface area (Å²) in [7, 11) is 1.04. The highest BCUT2D eigenvalue weighted by Gasteiger charge is 2.35. The third-order valence-electron chi connectivity index (χ3n) is 1.96. The fourth-order valence-electron chi connectivity index (χ4n) is 1.30. The van der Waals surface area contributed by atoms with Crippen LogP contribution in [0.5, 0.6) is 11.6 Å². The molecule has 0 spiro atoms. The van der Waals surface area contributed by atoms with Crippen molar-refractivity contribution in [1.82, 2.24) is 4.98 Å². The van der Waals surface area contributed by atoms with E-state index in [2.05, 4.69) is 14.5 Å². The van der Waals surface area contributed by atoms with Gasteiger partial charge in [-0.25, -0.2) is 13.8 Å². The SMILES string of the molecule is COc1c(CN)cnc(OC(F)(F)F)c1C(F)F. The molecule has 2 N–H and O–H groups in total. The van der Waals surface area contributed by atoms with Gasteiger partial charge in [0.2, 0.25) is 5.88 Å². The lowest BCUT2D eigenvalue weighted by atomic mass is 10.1. The highest BCUT2D eigenvalue weighted by Crippen LogP contribution is 2.39. The van der Waals surface area contributed by atoms with Gasteiger partial charge < -0.3 is 15.2 Å². The van der Waals surface area contributed by atoms with Crippen molar-refractivity contribution in [1.29, 1.82) is 0 Å². The molecule has 0 aliphatic rings. The molecule has 0 aliphatic heterocycles. The highest BCUT2D eigenvalue weighted by molar-refractivity contribution is 5.46. The predicted octanol–water partition coefficient (Wildman–Crippen LogP) is 2.39. The molecule has 4 nitrogen and oxygen atoms in total. The number of nitrogens with two attached hydrogens (primary N) is 1. The van der Waals surface area contributed by atoms with Crippen LogP contribution in [0.15, 0.2) is 6.20 Å². The minimum Gasteiger partial charge on any atom is -0.496 e. The summed E-state index contributed by atoms with van der Waals surface area (Å²) in [6.45, 7) is -0.206. The summed E-state index contributed by atoms with van der Waals surface area (Å²) in [5, 5.41) is 0. The molecular weight excluding hydrogens is 263 g/mol. The second-order valence-electron chi connectivity index (χ2n) is 3.09. The van der Waals surface area contributed by atoms with Crippen LogP contribution in [0.1, 0.15) is 17.6 Å². The first-order valence-corrected chi connectivity index (χ1v) is 4.59. The normalized spacial score (nSPS) is 11.8. The van der Waals surface area contributed by atoms with E-state index < -0.39 is 30.0 Å². The Balaban J connectivity index is 3.35. The maximum atomic E-state index is 12.8. The van der Waals surface area contributed by atoms with Gasteiger partial charge in [-0.15, -0.1) is 13.2 Å². The Morgan fingerprint density at radius 3 is 2.39 bits per heavy atom. The van der Waals surface area contributed by atoms with E-state index >= 15 is 0 Å². The lowest BCUT2D eigenvalue weighted by Crippen LogP contribution is -2.20. The summed E-state index contributed by atoms with van der Waals surface area (Å²) in [6.07, 6.45) is -7.46. The molecule has 0 unspecified atom stereocenters. The predicted molar refractivity (Wildman–Crippen MR) is 50.3 cm³/mol. The van der Waals surface area contributed by atoms with Crippen molar-refractivity contribution in [3.05, 3.63) is 17.3 Å². The van der Waals surface area contributed by atoms with Gasteiger partial charge in [0.25, 0.3) is 6.43 Å². The number of aromatic nitrogens is 1.